The lowest BCUT2D eigenvalue weighted by molar-refractivity contribution is 0.154. The minimum absolute atomic E-state index is 0.216. The van der Waals surface area contributed by atoms with Crippen LogP contribution in [0.2, 0.25) is 0 Å². The number of hydrogen-bond donors (Lipinski definition) is 0. The summed E-state index contributed by atoms with van der Waals surface area (Å²) in [5.41, 5.74) is 0. The summed E-state index contributed by atoms with van der Waals surface area (Å²) in [6.07, 6.45) is 4.84. The Hall–Kier alpha value is -1.03. The first kappa shape index (κ1) is 13.4. The molecule has 1 aliphatic heterocycles. The number of carbonyl (C=O) groups is 1. The van der Waals surface area contributed by atoms with Gasteiger partial charge in [-0.1, -0.05) is 18.9 Å². The standard InChI is InChI=1S/C14H22N2OS/c1-2-15(12-13-8-7-11-18-13)14(17)16-9-5-3-4-6-10-16/h7-8,11H,2-6,9-10,12H2,1H3. The summed E-state index contributed by atoms with van der Waals surface area (Å²) in [7, 11) is 0. The van der Waals surface area contributed by atoms with E-state index >= 15 is 0 Å². The molecule has 2 rings (SSSR count). The Bertz CT molecular complexity index is 356. The van der Waals surface area contributed by atoms with Crippen LogP contribution in [0.15, 0.2) is 17.5 Å². The molecule has 0 saturated carbocycles. The molecular formula is C14H22N2OS. The quantitative estimate of drug-likeness (QED) is 0.820. The lowest BCUT2D eigenvalue weighted by Gasteiger charge is -2.28. The largest absolute Gasteiger partial charge is 0.325 e. The van der Waals surface area contributed by atoms with Gasteiger partial charge in [0.15, 0.2) is 0 Å². The van der Waals surface area contributed by atoms with Gasteiger partial charge >= 0.3 is 6.03 Å². The van der Waals surface area contributed by atoms with E-state index in [0.717, 1.165) is 39.0 Å². The maximum absolute atomic E-state index is 12.5. The van der Waals surface area contributed by atoms with E-state index in [4.69, 9.17) is 0 Å². The van der Waals surface area contributed by atoms with Gasteiger partial charge in [0.05, 0.1) is 6.54 Å². The van der Waals surface area contributed by atoms with Crippen molar-refractivity contribution in [2.45, 2.75) is 39.2 Å². The number of hydrogen-bond acceptors (Lipinski definition) is 2. The number of thiophene rings is 1. The number of rotatable bonds is 3. The summed E-state index contributed by atoms with van der Waals surface area (Å²) in [5.74, 6) is 0. The fraction of sp³-hybridized carbons (Fsp3) is 0.643. The van der Waals surface area contributed by atoms with Gasteiger partial charge in [0.1, 0.15) is 0 Å². The lowest BCUT2D eigenvalue weighted by Crippen LogP contribution is -2.43. The van der Waals surface area contributed by atoms with Crippen LogP contribution in [0.25, 0.3) is 0 Å². The predicted molar refractivity (Wildman–Crippen MR) is 75.8 cm³/mol. The molecule has 0 bridgehead atoms. The fourth-order valence-electron chi connectivity index (χ4n) is 2.37. The first-order valence-electron chi connectivity index (χ1n) is 6.87. The topological polar surface area (TPSA) is 23.6 Å². The maximum atomic E-state index is 12.5. The Morgan fingerprint density at radius 2 is 2.06 bits per heavy atom. The van der Waals surface area contributed by atoms with E-state index < -0.39 is 0 Å². The molecule has 0 atom stereocenters. The molecule has 100 valence electrons. The highest BCUT2D eigenvalue weighted by Gasteiger charge is 2.20. The van der Waals surface area contributed by atoms with E-state index in [-0.39, 0.29) is 6.03 Å². The van der Waals surface area contributed by atoms with Gasteiger partial charge in [0.25, 0.3) is 0 Å². The van der Waals surface area contributed by atoms with E-state index in [2.05, 4.69) is 18.4 Å². The van der Waals surface area contributed by atoms with Crippen LogP contribution < -0.4 is 0 Å². The van der Waals surface area contributed by atoms with Gasteiger partial charge in [-0.3, -0.25) is 0 Å². The summed E-state index contributed by atoms with van der Waals surface area (Å²) in [6, 6.07) is 4.36. The van der Waals surface area contributed by atoms with Crippen LogP contribution in [0.1, 0.15) is 37.5 Å². The molecule has 4 heteroatoms. The first-order chi connectivity index (χ1) is 8.81. The van der Waals surface area contributed by atoms with E-state index in [1.807, 2.05) is 15.9 Å². The van der Waals surface area contributed by atoms with Gasteiger partial charge in [-0.05, 0) is 31.2 Å². The van der Waals surface area contributed by atoms with Gasteiger partial charge in [-0.25, -0.2) is 4.79 Å². The molecule has 1 aromatic heterocycles. The number of urea groups is 1. The number of nitrogens with zero attached hydrogens (tertiary/aromatic N) is 2. The molecule has 18 heavy (non-hydrogen) atoms. The van der Waals surface area contributed by atoms with Gasteiger partial charge in [-0.2, -0.15) is 0 Å². The van der Waals surface area contributed by atoms with Crippen molar-refractivity contribution in [3.63, 3.8) is 0 Å². The molecule has 0 radical (unpaired) electrons. The highest BCUT2D eigenvalue weighted by atomic mass is 32.1. The van der Waals surface area contributed by atoms with Gasteiger partial charge < -0.3 is 9.80 Å². The van der Waals surface area contributed by atoms with Crippen molar-refractivity contribution in [2.24, 2.45) is 0 Å². The van der Waals surface area contributed by atoms with Crippen molar-refractivity contribution in [1.82, 2.24) is 9.80 Å². The Morgan fingerprint density at radius 3 is 2.61 bits per heavy atom. The Morgan fingerprint density at radius 1 is 1.33 bits per heavy atom. The van der Waals surface area contributed by atoms with Crippen molar-refractivity contribution >= 4 is 17.4 Å². The first-order valence-corrected chi connectivity index (χ1v) is 7.75. The summed E-state index contributed by atoms with van der Waals surface area (Å²) in [6.45, 7) is 5.46. The van der Waals surface area contributed by atoms with Crippen LogP contribution in [0.5, 0.6) is 0 Å². The Kier molecular flexibility index (Phi) is 5.05. The molecule has 0 aromatic carbocycles. The van der Waals surface area contributed by atoms with Crippen LogP contribution in [0.4, 0.5) is 4.79 Å². The number of amides is 2. The molecule has 2 heterocycles. The minimum Gasteiger partial charge on any atom is -0.325 e. The van der Waals surface area contributed by atoms with Crippen LogP contribution in [-0.2, 0) is 6.54 Å². The third-order valence-electron chi connectivity index (χ3n) is 3.46. The molecule has 3 nitrogen and oxygen atoms in total. The smallest absolute Gasteiger partial charge is 0.320 e. The third kappa shape index (κ3) is 3.48. The molecule has 1 aliphatic rings. The molecule has 0 N–H and O–H groups in total. The van der Waals surface area contributed by atoms with Crippen molar-refractivity contribution in [1.29, 1.82) is 0 Å². The normalized spacial score (nSPS) is 16.4. The Balaban J connectivity index is 1.95. The number of likely N-dealkylation sites (tertiary alicyclic amines) is 1. The van der Waals surface area contributed by atoms with Crippen LogP contribution in [0.3, 0.4) is 0 Å². The van der Waals surface area contributed by atoms with E-state index in [1.165, 1.54) is 17.7 Å². The Labute approximate surface area is 113 Å². The molecule has 0 spiro atoms. The summed E-state index contributed by atoms with van der Waals surface area (Å²) in [4.78, 5) is 17.7. The second-order valence-electron chi connectivity index (χ2n) is 4.78. The molecule has 1 aromatic rings. The monoisotopic (exact) mass is 266 g/mol. The fourth-order valence-corrected chi connectivity index (χ4v) is 3.09. The highest BCUT2D eigenvalue weighted by molar-refractivity contribution is 7.09. The highest BCUT2D eigenvalue weighted by Crippen LogP contribution is 2.15. The van der Waals surface area contributed by atoms with Crippen LogP contribution >= 0.6 is 11.3 Å². The molecule has 1 fully saturated rings. The molecule has 0 aliphatic carbocycles. The SMILES string of the molecule is CCN(Cc1cccs1)C(=O)N1CCCCCC1. The van der Waals surface area contributed by atoms with Crippen LogP contribution in [-0.4, -0.2) is 35.5 Å². The van der Waals surface area contributed by atoms with E-state index in [9.17, 15) is 4.79 Å². The molecule has 2 amide bonds. The van der Waals surface area contributed by atoms with Crippen LogP contribution in [0, 0.1) is 0 Å². The minimum atomic E-state index is 0.216. The zero-order chi connectivity index (χ0) is 12.8. The van der Waals surface area contributed by atoms with Gasteiger partial charge in [0.2, 0.25) is 0 Å². The summed E-state index contributed by atoms with van der Waals surface area (Å²) >= 11 is 1.72. The van der Waals surface area contributed by atoms with Crippen molar-refractivity contribution in [3.05, 3.63) is 22.4 Å². The molecule has 1 saturated heterocycles. The van der Waals surface area contributed by atoms with Crippen molar-refractivity contribution in [3.8, 4) is 0 Å². The maximum Gasteiger partial charge on any atom is 0.320 e. The molecule has 0 unspecified atom stereocenters. The second-order valence-corrected chi connectivity index (χ2v) is 5.81. The van der Waals surface area contributed by atoms with Crippen molar-refractivity contribution in [2.75, 3.05) is 19.6 Å². The predicted octanol–water partition coefficient (Wildman–Crippen LogP) is 3.57. The average molecular weight is 266 g/mol. The van der Waals surface area contributed by atoms with E-state index in [1.54, 1.807) is 11.3 Å². The number of carbonyl (C=O) groups excluding carboxylic acids is 1. The third-order valence-corrected chi connectivity index (χ3v) is 4.32. The average Bonchev–Trinajstić information content (AvgIpc) is 2.75. The summed E-state index contributed by atoms with van der Waals surface area (Å²) < 4.78 is 0. The molecular weight excluding hydrogens is 244 g/mol. The van der Waals surface area contributed by atoms with Crippen molar-refractivity contribution < 1.29 is 4.79 Å². The second kappa shape index (κ2) is 6.78. The summed E-state index contributed by atoms with van der Waals surface area (Å²) in [5, 5.41) is 2.07. The lowest BCUT2D eigenvalue weighted by atomic mass is 10.2. The van der Waals surface area contributed by atoms with Gasteiger partial charge in [0, 0.05) is 24.5 Å². The zero-order valence-electron chi connectivity index (χ0n) is 11.1. The zero-order valence-corrected chi connectivity index (χ0v) is 11.9. The van der Waals surface area contributed by atoms with Gasteiger partial charge in [-0.15, -0.1) is 11.3 Å². The van der Waals surface area contributed by atoms with E-state index in [0.29, 0.717) is 0 Å².